The summed E-state index contributed by atoms with van der Waals surface area (Å²) in [6, 6.07) is 10.9. The second-order valence-corrected chi connectivity index (χ2v) is 4.09. The molecule has 0 saturated carbocycles. The molecule has 2 aromatic rings. The summed E-state index contributed by atoms with van der Waals surface area (Å²) in [5.74, 6) is 0. The van der Waals surface area contributed by atoms with Gasteiger partial charge in [-0.15, -0.1) is 5.10 Å². The van der Waals surface area contributed by atoms with Gasteiger partial charge in [-0.1, -0.05) is 23.0 Å². The van der Waals surface area contributed by atoms with E-state index in [1.54, 1.807) is 13.1 Å². The summed E-state index contributed by atoms with van der Waals surface area (Å²) in [4.78, 5) is 19.3. The van der Waals surface area contributed by atoms with Crippen LogP contribution in [0.15, 0.2) is 47.2 Å². The minimum atomic E-state index is -0.513. The summed E-state index contributed by atoms with van der Waals surface area (Å²) in [7, 11) is 1.63. The molecule has 1 heterocycles. The van der Waals surface area contributed by atoms with Crippen LogP contribution in [-0.2, 0) is 0 Å². The first-order valence-corrected chi connectivity index (χ1v) is 5.68. The predicted molar refractivity (Wildman–Crippen MR) is 66.7 cm³/mol. The van der Waals surface area contributed by atoms with Gasteiger partial charge in [0.25, 0.3) is 0 Å². The number of amides is 1. The molecule has 0 saturated heterocycles. The van der Waals surface area contributed by atoms with Crippen molar-refractivity contribution in [1.29, 1.82) is 0 Å². The van der Waals surface area contributed by atoms with Crippen LogP contribution in [0.1, 0.15) is 0 Å². The molecular weight excluding hydrogens is 286 g/mol. The van der Waals surface area contributed by atoms with E-state index in [1.165, 1.54) is 11.1 Å². The lowest BCUT2D eigenvalue weighted by Gasteiger charge is -2.16. The van der Waals surface area contributed by atoms with Crippen LogP contribution in [0, 0.1) is 0 Å². The van der Waals surface area contributed by atoms with Gasteiger partial charge in [-0.05, 0) is 34.1 Å². The summed E-state index contributed by atoms with van der Waals surface area (Å²) >= 11 is 3.20. The number of hydrogen-bond acceptors (Lipinski definition) is 3. The molecule has 5 nitrogen and oxygen atoms in total. The summed E-state index contributed by atoms with van der Waals surface area (Å²) in [5, 5.41) is 3.83. The number of rotatable bonds is 2. The lowest BCUT2D eigenvalue weighted by Crippen LogP contribution is -2.34. The van der Waals surface area contributed by atoms with Crippen molar-refractivity contribution < 1.29 is 9.63 Å². The number of nitrogens with zero attached hydrogens (tertiary/aromatic N) is 3. The first-order valence-electron chi connectivity index (χ1n) is 4.89. The number of benzene rings is 1. The van der Waals surface area contributed by atoms with E-state index in [2.05, 4.69) is 21.0 Å². The van der Waals surface area contributed by atoms with Crippen molar-refractivity contribution in [3.05, 3.63) is 47.2 Å². The zero-order valence-electron chi connectivity index (χ0n) is 9.08. The maximum absolute atomic E-state index is 11.8. The summed E-state index contributed by atoms with van der Waals surface area (Å²) in [6.07, 6.45) is 1.01. The quantitative estimate of drug-likeness (QED) is 0.854. The Kier molecular flexibility index (Phi) is 3.43. The molecular formula is C11H10BrN3O2. The highest BCUT2D eigenvalue weighted by molar-refractivity contribution is 9.10. The van der Waals surface area contributed by atoms with Crippen LogP contribution in [0.4, 0.5) is 10.5 Å². The molecule has 0 radical (unpaired) electrons. The minimum absolute atomic E-state index is 0.513. The number of carbonyl (C=O) groups excluding carboxylic acids is 1. The molecule has 1 aromatic carbocycles. The van der Waals surface area contributed by atoms with E-state index in [4.69, 9.17) is 4.84 Å². The lowest BCUT2D eigenvalue weighted by atomic mass is 10.3. The molecule has 1 aromatic heterocycles. The van der Waals surface area contributed by atoms with Gasteiger partial charge >= 0.3 is 6.09 Å². The Morgan fingerprint density at radius 2 is 2.06 bits per heavy atom. The lowest BCUT2D eigenvalue weighted by molar-refractivity contribution is 0.120. The molecule has 0 aliphatic carbocycles. The molecule has 1 amide bonds. The van der Waals surface area contributed by atoms with E-state index < -0.39 is 6.09 Å². The van der Waals surface area contributed by atoms with E-state index in [0.717, 1.165) is 10.5 Å². The molecule has 0 spiro atoms. The zero-order chi connectivity index (χ0) is 12.3. The van der Waals surface area contributed by atoms with Crippen molar-refractivity contribution in [2.45, 2.75) is 0 Å². The first-order chi connectivity index (χ1) is 8.18. The first kappa shape index (κ1) is 11.7. The highest BCUT2D eigenvalue weighted by Gasteiger charge is 2.14. The summed E-state index contributed by atoms with van der Waals surface area (Å²) in [6.45, 7) is 0. The van der Waals surface area contributed by atoms with Crippen LogP contribution in [0.5, 0.6) is 0 Å². The van der Waals surface area contributed by atoms with Crippen molar-refractivity contribution in [2.24, 2.45) is 0 Å². The third-order valence-electron chi connectivity index (χ3n) is 2.15. The smallest absolute Gasteiger partial charge is 0.298 e. The second-order valence-electron chi connectivity index (χ2n) is 3.28. The second kappa shape index (κ2) is 5.01. The average Bonchev–Trinajstić information content (AvgIpc) is 2.75. The van der Waals surface area contributed by atoms with Crippen LogP contribution in [0.25, 0.3) is 0 Å². The number of para-hydroxylation sites is 1. The van der Waals surface area contributed by atoms with E-state index in [0.29, 0.717) is 4.60 Å². The predicted octanol–water partition coefficient (Wildman–Crippen LogP) is 2.33. The Morgan fingerprint density at radius 3 is 2.65 bits per heavy atom. The van der Waals surface area contributed by atoms with Gasteiger partial charge in [0, 0.05) is 12.7 Å². The largest absolute Gasteiger partial charge is 0.440 e. The van der Waals surface area contributed by atoms with Gasteiger partial charge in [0.15, 0.2) is 0 Å². The molecule has 0 unspecified atom stereocenters. The third-order valence-corrected chi connectivity index (χ3v) is 2.72. The highest BCUT2D eigenvalue weighted by Crippen LogP contribution is 2.12. The zero-order valence-corrected chi connectivity index (χ0v) is 10.7. The van der Waals surface area contributed by atoms with Gasteiger partial charge in [-0.25, -0.2) is 4.79 Å². The standard InChI is InChI=1S/C11H10BrN3O2/c1-14(9-5-3-2-4-6-9)11(16)17-15-10(12)7-8-13-15/h2-8H,1H3. The molecule has 0 bridgehead atoms. The summed E-state index contributed by atoms with van der Waals surface area (Å²) < 4.78 is 0.576. The van der Waals surface area contributed by atoms with E-state index in [1.807, 2.05) is 30.3 Å². The number of hydrogen-bond donors (Lipinski definition) is 0. The monoisotopic (exact) mass is 295 g/mol. The molecule has 0 aliphatic heterocycles. The maximum Gasteiger partial charge on any atom is 0.440 e. The van der Waals surface area contributed by atoms with Crippen molar-refractivity contribution in [1.82, 2.24) is 9.94 Å². The van der Waals surface area contributed by atoms with Crippen LogP contribution >= 0.6 is 15.9 Å². The molecule has 6 heteroatoms. The van der Waals surface area contributed by atoms with Crippen LogP contribution in [0.2, 0.25) is 0 Å². The van der Waals surface area contributed by atoms with Crippen LogP contribution in [0.3, 0.4) is 0 Å². The molecule has 0 aliphatic rings. The molecule has 88 valence electrons. The molecule has 0 N–H and O–H groups in total. The van der Waals surface area contributed by atoms with Gasteiger partial charge in [0.1, 0.15) is 4.60 Å². The van der Waals surface area contributed by atoms with Gasteiger partial charge in [0.2, 0.25) is 0 Å². The van der Waals surface area contributed by atoms with Crippen molar-refractivity contribution >= 4 is 27.7 Å². The van der Waals surface area contributed by atoms with Crippen LogP contribution < -0.4 is 9.74 Å². The van der Waals surface area contributed by atoms with E-state index in [9.17, 15) is 4.79 Å². The fourth-order valence-corrected chi connectivity index (χ4v) is 1.52. The summed E-state index contributed by atoms with van der Waals surface area (Å²) in [5.41, 5.74) is 0.751. The minimum Gasteiger partial charge on any atom is -0.298 e. The van der Waals surface area contributed by atoms with E-state index >= 15 is 0 Å². The van der Waals surface area contributed by atoms with Crippen molar-refractivity contribution in [2.75, 3.05) is 11.9 Å². The fraction of sp³-hybridized carbons (Fsp3) is 0.0909. The fourth-order valence-electron chi connectivity index (χ4n) is 1.23. The molecule has 2 rings (SSSR count). The van der Waals surface area contributed by atoms with Gasteiger partial charge in [0.05, 0.1) is 6.20 Å². The highest BCUT2D eigenvalue weighted by atomic mass is 79.9. The van der Waals surface area contributed by atoms with Crippen molar-refractivity contribution in [3.8, 4) is 0 Å². The Bertz CT molecular complexity index is 512. The number of aromatic nitrogens is 2. The van der Waals surface area contributed by atoms with Crippen molar-refractivity contribution in [3.63, 3.8) is 0 Å². The number of anilines is 1. The van der Waals surface area contributed by atoms with Gasteiger partial charge in [-0.3, -0.25) is 9.74 Å². The Labute approximate surface area is 107 Å². The third kappa shape index (κ3) is 2.65. The van der Waals surface area contributed by atoms with Gasteiger partial charge < -0.3 is 0 Å². The molecule has 0 fully saturated rings. The topological polar surface area (TPSA) is 47.4 Å². The van der Waals surface area contributed by atoms with Crippen LogP contribution in [-0.4, -0.2) is 23.1 Å². The van der Waals surface area contributed by atoms with Gasteiger partial charge in [-0.2, -0.15) is 0 Å². The number of carbonyl (C=O) groups is 1. The SMILES string of the molecule is CN(C(=O)On1nccc1Br)c1ccccc1. The number of halogens is 1. The van der Waals surface area contributed by atoms with E-state index in [-0.39, 0.29) is 0 Å². The Hall–Kier alpha value is -1.82. The molecule has 0 atom stereocenters. The molecule has 17 heavy (non-hydrogen) atoms. The Balaban J connectivity index is 2.09. The average molecular weight is 296 g/mol. The Morgan fingerprint density at radius 1 is 1.35 bits per heavy atom. The normalized spacial score (nSPS) is 10.0. The maximum atomic E-state index is 11.8.